The molecule has 0 aromatic heterocycles. The van der Waals surface area contributed by atoms with E-state index < -0.39 is 0 Å². The van der Waals surface area contributed by atoms with Crippen LogP contribution < -0.4 is 4.74 Å². The predicted molar refractivity (Wildman–Crippen MR) is 119 cm³/mol. The maximum atomic E-state index is 11.8. The molecule has 2 atom stereocenters. The van der Waals surface area contributed by atoms with Gasteiger partial charge in [-0.1, -0.05) is 61.5 Å². The van der Waals surface area contributed by atoms with Crippen LogP contribution in [0.4, 0.5) is 0 Å². The van der Waals surface area contributed by atoms with Crippen molar-refractivity contribution in [3.05, 3.63) is 101 Å². The molecule has 5 nitrogen and oxygen atoms in total. The zero-order valence-corrected chi connectivity index (χ0v) is 17.6. The molecule has 0 bridgehead atoms. The lowest BCUT2D eigenvalue weighted by molar-refractivity contribution is -0.0190. The Bertz CT molecular complexity index is 1140. The van der Waals surface area contributed by atoms with Gasteiger partial charge >= 0.3 is 5.97 Å². The van der Waals surface area contributed by atoms with E-state index in [1.54, 1.807) is 12.1 Å². The molecule has 0 aliphatic carbocycles. The average Bonchev–Trinajstić information content (AvgIpc) is 3.29. The number of aryl methyl sites for hydroxylation is 1. The lowest BCUT2D eigenvalue weighted by Gasteiger charge is -2.38. The second kappa shape index (κ2) is 7.91. The molecule has 0 amide bonds. The maximum Gasteiger partial charge on any atom is 0.337 e. The van der Waals surface area contributed by atoms with Gasteiger partial charge in [0.25, 0.3) is 0 Å². The quantitative estimate of drug-likeness (QED) is 0.547. The lowest BCUT2D eigenvalue weighted by Crippen LogP contribution is -2.33. The molecule has 2 heterocycles. The summed E-state index contributed by atoms with van der Waals surface area (Å²) >= 11 is 0. The van der Waals surface area contributed by atoms with Crippen LogP contribution in [0, 0.1) is 0 Å². The lowest BCUT2D eigenvalue weighted by atomic mass is 9.95. The summed E-state index contributed by atoms with van der Waals surface area (Å²) in [5.74, 6) is 0.528. The van der Waals surface area contributed by atoms with Crippen molar-refractivity contribution < 1.29 is 14.3 Å². The third kappa shape index (κ3) is 3.46. The first-order chi connectivity index (χ1) is 15.2. The molecule has 3 aromatic rings. The summed E-state index contributed by atoms with van der Waals surface area (Å²) in [6.45, 7) is 2.16. The average molecular weight is 412 g/mol. The number of esters is 1. The highest BCUT2D eigenvalue weighted by Crippen LogP contribution is 2.47. The number of para-hydroxylation sites is 1. The Morgan fingerprint density at radius 3 is 2.52 bits per heavy atom. The first-order valence-electron chi connectivity index (χ1n) is 10.6. The normalized spacial score (nSPS) is 19.2. The SMILES string of the molecule is CCc1ccc(C2=NN3[C@H](C2)c2ccccc2O[C@@H]3c2ccc(C(=O)OC)cc2)cc1. The molecular formula is C26H24N2O3. The second-order valence-electron chi connectivity index (χ2n) is 7.82. The Kier molecular flexibility index (Phi) is 4.94. The van der Waals surface area contributed by atoms with E-state index in [-0.39, 0.29) is 18.2 Å². The highest BCUT2D eigenvalue weighted by Gasteiger charge is 2.40. The van der Waals surface area contributed by atoms with Crippen molar-refractivity contribution in [3.8, 4) is 5.75 Å². The molecule has 5 heteroatoms. The van der Waals surface area contributed by atoms with E-state index in [4.69, 9.17) is 14.6 Å². The zero-order valence-electron chi connectivity index (χ0n) is 17.6. The Hall–Kier alpha value is -3.60. The zero-order chi connectivity index (χ0) is 21.4. The minimum Gasteiger partial charge on any atom is -0.465 e. The molecule has 5 rings (SSSR count). The summed E-state index contributed by atoms with van der Waals surface area (Å²) in [5.41, 5.74) is 6.12. The van der Waals surface area contributed by atoms with E-state index in [1.807, 2.05) is 30.3 Å². The predicted octanol–water partition coefficient (Wildman–Crippen LogP) is 5.28. The number of nitrogens with zero attached hydrogens (tertiary/aromatic N) is 2. The molecule has 0 radical (unpaired) electrons. The number of rotatable bonds is 4. The van der Waals surface area contributed by atoms with Gasteiger partial charge < -0.3 is 9.47 Å². The molecule has 0 saturated heterocycles. The van der Waals surface area contributed by atoms with Crippen LogP contribution in [0.2, 0.25) is 0 Å². The van der Waals surface area contributed by atoms with Crippen molar-refractivity contribution in [1.29, 1.82) is 0 Å². The molecule has 31 heavy (non-hydrogen) atoms. The Labute approximate surface area is 181 Å². The number of carbonyl (C=O) groups is 1. The van der Waals surface area contributed by atoms with Gasteiger partial charge in [0.1, 0.15) is 5.75 Å². The summed E-state index contributed by atoms with van der Waals surface area (Å²) in [6, 6.07) is 24.3. The molecule has 0 spiro atoms. The van der Waals surface area contributed by atoms with Crippen molar-refractivity contribution in [1.82, 2.24) is 5.01 Å². The van der Waals surface area contributed by atoms with Crippen molar-refractivity contribution in [2.75, 3.05) is 7.11 Å². The molecule has 3 aromatic carbocycles. The summed E-state index contributed by atoms with van der Waals surface area (Å²) in [6.07, 6.45) is 1.48. The topological polar surface area (TPSA) is 51.1 Å². The highest BCUT2D eigenvalue weighted by atomic mass is 16.5. The Morgan fingerprint density at radius 2 is 1.81 bits per heavy atom. The number of hydrazone groups is 1. The molecule has 0 N–H and O–H groups in total. The van der Waals surface area contributed by atoms with Crippen LogP contribution in [-0.2, 0) is 11.2 Å². The third-order valence-corrected chi connectivity index (χ3v) is 6.01. The van der Waals surface area contributed by atoms with Crippen LogP contribution >= 0.6 is 0 Å². The van der Waals surface area contributed by atoms with Gasteiger partial charge in [0, 0.05) is 17.5 Å². The maximum absolute atomic E-state index is 11.8. The summed E-state index contributed by atoms with van der Waals surface area (Å²) in [4.78, 5) is 11.8. The van der Waals surface area contributed by atoms with Gasteiger partial charge in [0.05, 0.1) is 24.4 Å². The molecular weight excluding hydrogens is 388 g/mol. The molecule has 2 aliphatic heterocycles. The number of hydrogen-bond donors (Lipinski definition) is 0. The summed E-state index contributed by atoms with van der Waals surface area (Å²) in [5, 5.41) is 7.05. The minimum atomic E-state index is -0.362. The highest BCUT2D eigenvalue weighted by molar-refractivity contribution is 6.02. The largest absolute Gasteiger partial charge is 0.465 e. The Morgan fingerprint density at radius 1 is 1.06 bits per heavy atom. The standard InChI is InChI=1S/C26H24N2O3/c1-3-17-8-10-18(11-9-17)22-16-23-21-6-4-5-7-24(21)31-25(28(23)27-22)19-12-14-20(15-13-19)26(29)30-2/h4-15,23,25H,3,16H2,1-2H3/t23-,25-/m1/s1. The first-order valence-corrected chi connectivity index (χ1v) is 10.6. The van der Waals surface area contributed by atoms with E-state index in [9.17, 15) is 4.79 Å². The van der Waals surface area contributed by atoms with E-state index in [0.717, 1.165) is 41.0 Å². The monoisotopic (exact) mass is 412 g/mol. The molecule has 0 unspecified atom stereocenters. The number of hydrogen-bond acceptors (Lipinski definition) is 5. The van der Waals surface area contributed by atoms with Gasteiger partial charge in [-0.3, -0.25) is 0 Å². The van der Waals surface area contributed by atoms with E-state index in [0.29, 0.717) is 5.56 Å². The van der Waals surface area contributed by atoms with Crippen molar-refractivity contribution in [2.45, 2.75) is 32.0 Å². The number of ether oxygens (including phenoxy) is 2. The molecule has 0 fully saturated rings. The van der Waals surface area contributed by atoms with Crippen LogP contribution in [0.1, 0.15) is 58.2 Å². The Balaban J connectivity index is 1.52. The van der Waals surface area contributed by atoms with Crippen LogP contribution in [0.25, 0.3) is 0 Å². The summed E-state index contributed by atoms with van der Waals surface area (Å²) < 4.78 is 11.2. The smallest absolute Gasteiger partial charge is 0.337 e. The van der Waals surface area contributed by atoms with Gasteiger partial charge in [-0.05, 0) is 35.7 Å². The van der Waals surface area contributed by atoms with E-state index in [1.165, 1.54) is 12.7 Å². The fraction of sp³-hybridized carbons (Fsp3) is 0.231. The fourth-order valence-corrected chi connectivity index (χ4v) is 4.26. The third-order valence-electron chi connectivity index (χ3n) is 6.01. The number of methoxy groups -OCH3 is 1. The molecule has 2 aliphatic rings. The van der Waals surface area contributed by atoms with Crippen molar-refractivity contribution in [2.24, 2.45) is 5.10 Å². The van der Waals surface area contributed by atoms with Crippen LogP contribution in [-0.4, -0.2) is 23.8 Å². The molecule has 0 saturated carbocycles. The van der Waals surface area contributed by atoms with Crippen LogP contribution in [0.15, 0.2) is 77.9 Å². The minimum absolute atomic E-state index is 0.107. The molecule has 156 valence electrons. The number of fused-ring (bicyclic) bond motifs is 3. The van der Waals surface area contributed by atoms with Crippen LogP contribution in [0.3, 0.4) is 0 Å². The van der Waals surface area contributed by atoms with Gasteiger partial charge in [-0.25, -0.2) is 9.80 Å². The van der Waals surface area contributed by atoms with Gasteiger partial charge in [0.2, 0.25) is 6.23 Å². The van der Waals surface area contributed by atoms with E-state index >= 15 is 0 Å². The number of carbonyl (C=O) groups excluding carboxylic acids is 1. The van der Waals surface area contributed by atoms with Gasteiger partial charge in [-0.15, -0.1) is 0 Å². The van der Waals surface area contributed by atoms with E-state index in [2.05, 4.69) is 42.3 Å². The summed E-state index contributed by atoms with van der Waals surface area (Å²) in [7, 11) is 1.38. The van der Waals surface area contributed by atoms with Gasteiger partial charge in [0.15, 0.2) is 0 Å². The first kappa shape index (κ1) is 19.4. The van der Waals surface area contributed by atoms with Gasteiger partial charge in [-0.2, -0.15) is 5.10 Å². The van der Waals surface area contributed by atoms with Crippen molar-refractivity contribution >= 4 is 11.7 Å². The van der Waals surface area contributed by atoms with Crippen LogP contribution in [0.5, 0.6) is 5.75 Å². The fourth-order valence-electron chi connectivity index (χ4n) is 4.26. The second-order valence-corrected chi connectivity index (χ2v) is 7.82. The van der Waals surface area contributed by atoms with Crippen molar-refractivity contribution in [3.63, 3.8) is 0 Å². The number of benzene rings is 3.